The molecule has 0 aromatic heterocycles. The summed E-state index contributed by atoms with van der Waals surface area (Å²) in [4.78, 5) is 8.24. The lowest BCUT2D eigenvalue weighted by Gasteiger charge is -2.51. The summed E-state index contributed by atoms with van der Waals surface area (Å²) in [5.74, 6) is 0. The Morgan fingerprint density at radius 1 is 0.586 bits per heavy atom. The van der Waals surface area contributed by atoms with Gasteiger partial charge in [-0.25, -0.2) is 0 Å². The van der Waals surface area contributed by atoms with Crippen LogP contribution in [0.2, 0.25) is 0 Å². The molecule has 3 fully saturated rings. The lowest BCUT2D eigenvalue weighted by atomic mass is 9.91. The normalized spacial score (nSPS) is 23.3. The molecule has 0 spiro atoms. The van der Waals surface area contributed by atoms with Crippen LogP contribution in [0.4, 0.5) is 0 Å². The van der Waals surface area contributed by atoms with E-state index in [2.05, 4.69) is 75.4 Å². The van der Waals surface area contributed by atoms with Gasteiger partial charge in [0.05, 0.1) is 6.04 Å². The van der Waals surface area contributed by atoms with Gasteiger partial charge >= 0.3 is 0 Å². The Balaban J connectivity index is 1.19. The second-order valence-corrected chi connectivity index (χ2v) is 9.20. The van der Waals surface area contributed by atoms with E-state index in [1.54, 1.807) is 0 Å². The number of piperidine rings is 2. The van der Waals surface area contributed by atoms with Crippen LogP contribution in [0.3, 0.4) is 0 Å². The molecule has 29 heavy (non-hydrogen) atoms. The van der Waals surface area contributed by atoms with Crippen LogP contribution in [0.25, 0.3) is 0 Å². The van der Waals surface area contributed by atoms with Crippen LogP contribution in [-0.4, -0.2) is 66.1 Å². The average Bonchev–Trinajstić information content (AvgIpc) is 2.78. The van der Waals surface area contributed by atoms with Crippen LogP contribution in [0.5, 0.6) is 0 Å². The molecule has 2 aromatic rings. The molecule has 0 aliphatic carbocycles. The first-order valence-corrected chi connectivity index (χ1v) is 11.7. The molecular formula is C26H35N3. The van der Waals surface area contributed by atoms with E-state index < -0.39 is 0 Å². The molecule has 0 N–H and O–H groups in total. The molecule has 154 valence electrons. The first kappa shape index (κ1) is 19.3. The Kier molecular flexibility index (Phi) is 5.98. The fourth-order valence-electron chi connectivity index (χ4n) is 5.71. The van der Waals surface area contributed by atoms with E-state index in [0.717, 1.165) is 12.1 Å². The summed E-state index contributed by atoms with van der Waals surface area (Å²) in [7, 11) is 0. The van der Waals surface area contributed by atoms with Crippen LogP contribution in [-0.2, 0) is 0 Å². The molecule has 3 saturated heterocycles. The second-order valence-electron chi connectivity index (χ2n) is 9.20. The minimum Gasteiger partial charge on any atom is -0.300 e. The molecule has 5 rings (SSSR count). The van der Waals surface area contributed by atoms with Crippen molar-refractivity contribution in [2.45, 2.75) is 50.2 Å². The van der Waals surface area contributed by atoms with E-state index in [1.807, 2.05) is 0 Å². The third kappa shape index (κ3) is 4.28. The van der Waals surface area contributed by atoms with Gasteiger partial charge in [0.15, 0.2) is 0 Å². The molecule has 0 radical (unpaired) electrons. The van der Waals surface area contributed by atoms with E-state index in [9.17, 15) is 0 Å². The van der Waals surface area contributed by atoms with Gasteiger partial charge in [0.25, 0.3) is 0 Å². The van der Waals surface area contributed by atoms with Gasteiger partial charge in [0.2, 0.25) is 0 Å². The molecular weight excluding hydrogens is 354 g/mol. The molecule has 2 aromatic carbocycles. The molecule has 3 aliphatic heterocycles. The van der Waals surface area contributed by atoms with Crippen molar-refractivity contribution in [3.8, 4) is 0 Å². The van der Waals surface area contributed by atoms with Crippen LogP contribution < -0.4 is 0 Å². The topological polar surface area (TPSA) is 9.72 Å². The van der Waals surface area contributed by atoms with Gasteiger partial charge in [-0.15, -0.1) is 0 Å². The van der Waals surface area contributed by atoms with Crippen LogP contribution in [0, 0.1) is 0 Å². The monoisotopic (exact) mass is 389 g/mol. The van der Waals surface area contributed by atoms with Gasteiger partial charge in [-0.05, 0) is 49.9 Å². The summed E-state index contributed by atoms with van der Waals surface area (Å²) in [6.45, 7) is 7.67. The van der Waals surface area contributed by atoms with Crippen molar-refractivity contribution < 1.29 is 0 Å². The van der Waals surface area contributed by atoms with Crippen molar-refractivity contribution in [1.82, 2.24) is 14.7 Å². The molecule has 3 heteroatoms. The predicted molar refractivity (Wildman–Crippen MR) is 120 cm³/mol. The van der Waals surface area contributed by atoms with Gasteiger partial charge in [-0.1, -0.05) is 67.1 Å². The fourth-order valence-corrected chi connectivity index (χ4v) is 5.71. The highest BCUT2D eigenvalue weighted by molar-refractivity contribution is 5.32. The van der Waals surface area contributed by atoms with Gasteiger partial charge in [-0.2, -0.15) is 0 Å². The summed E-state index contributed by atoms with van der Waals surface area (Å²) in [6.07, 6.45) is 7.02. The minimum absolute atomic E-state index is 0.388. The van der Waals surface area contributed by atoms with Crippen molar-refractivity contribution in [2.24, 2.45) is 0 Å². The van der Waals surface area contributed by atoms with Gasteiger partial charge in [-0.3, -0.25) is 9.80 Å². The number of hydrogen-bond donors (Lipinski definition) is 0. The maximum atomic E-state index is 2.79. The van der Waals surface area contributed by atoms with Gasteiger partial charge < -0.3 is 4.90 Å². The van der Waals surface area contributed by atoms with Crippen molar-refractivity contribution in [2.75, 3.05) is 39.3 Å². The zero-order valence-electron chi connectivity index (χ0n) is 17.6. The fraction of sp³-hybridized carbons (Fsp3) is 0.538. The van der Waals surface area contributed by atoms with Crippen LogP contribution in [0.15, 0.2) is 60.7 Å². The Hall–Kier alpha value is -1.68. The number of likely N-dealkylation sites (tertiary alicyclic amines) is 3. The molecule has 0 bridgehead atoms. The zero-order chi connectivity index (χ0) is 19.5. The summed E-state index contributed by atoms with van der Waals surface area (Å²) in [5, 5.41) is 0. The first-order chi connectivity index (χ1) is 14.4. The van der Waals surface area contributed by atoms with E-state index in [4.69, 9.17) is 0 Å². The SMILES string of the molecule is c1ccc(C(c2ccccc2)N2CC(N3CCC(N4CCCCC4)CC3)C2)cc1. The first-order valence-electron chi connectivity index (χ1n) is 11.7. The van der Waals surface area contributed by atoms with Crippen molar-refractivity contribution in [3.05, 3.63) is 71.8 Å². The molecule has 3 heterocycles. The van der Waals surface area contributed by atoms with E-state index in [1.165, 1.54) is 82.5 Å². The molecule has 0 amide bonds. The molecule has 3 aliphatic rings. The number of nitrogens with zero attached hydrogens (tertiary/aromatic N) is 3. The highest BCUT2D eigenvalue weighted by Gasteiger charge is 2.38. The largest absolute Gasteiger partial charge is 0.300 e. The van der Waals surface area contributed by atoms with Crippen molar-refractivity contribution in [1.29, 1.82) is 0 Å². The molecule has 0 saturated carbocycles. The predicted octanol–water partition coefficient (Wildman–Crippen LogP) is 4.41. The summed E-state index contributed by atoms with van der Waals surface area (Å²) < 4.78 is 0. The highest BCUT2D eigenvalue weighted by Crippen LogP contribution is 2.34. The van der Waals surface area contributed by atoms with Gasteiger partial charge in [0, 0.05) is 38.3 Å². The number of hydrogen-bond acceptors (Lipinski definition) is 3. The highest BCUT2D eigenvalue weighted by atomic mass is 15.3. The Bertz CT molecular complexity index is 703. The maximum Gasteiger partial charge on any atom is 0.0602 e. The smallest absolute Gasteiger partial charge is 0.0602 e. The van der Waals surface area contributed by atoms with E-state index in [0.29, 0.717) is 6.04 Å². The molecule has 0 atom stereocenters. The second kappa shape index (κ2) is 8.99. The van der Waals surface area contributed by atoms with Crippen LogP contribution in [0.1, 0.15) is 49.3 Å². The standard InChI is InChI=1S/C26H35N3/c1-4-10-22(11-5-1)26(23-12-6-2-7-13-23)29-20-25(21-29)28-18-14-24(15-19-28)27-16-8-3-9-17-27/h1-2,4-7,10-13,24-26H,3,8-9,14-21H2. The number of rotatable bonds is 5. The number of benzene rings is 2. The molecule has 3 nitrogen and oxygen atoms in total. The lowest BCUT2D eigenvalue weighted by molar-refractivity contribution is -0.0109. The third-order valence-electron chi connectivity index (χ3n) is 7.41. The van der Waals surface area contributed by atoms with Crippen molar-refractivity contribution >= 4 is 0 Å². The lowest BCUT2D eigenvalue weighted by Crippen LogP contribution is -2.62. The minimum atomic E-state index is 0.388. The quantitative estimate of drug-likeness (QED) is 0.750. The van der Waals surface area contributed by atoms with Crippen molar-refractivity contribution in [3.63, 3.8) is 0 Å². The Labute approximate surface area is 176 Å². The maximum absolute atomic E-state index is 2.79. The Morgan fingerprint density at radius 3 is 1.66 bits per heavy atom. The molecule has 0 unspecified atom stereocenters. The third-order valence-corrected chi connectivity index (χ3v) is 7.41. The summed E-state index contributed by atoms with van der Waals surface area (Å²) in [5.41, 5.74) is 2.84. The summed E-state index contributed by atoms with van der Waals surface area (Å²) in [6, 6.07) is 24.1. The Morgan fingerprint density at radius 2 is 1.10 bits per heavy atom. The van der Waals surface area contributed by atoms with Gasteiger partial charge in [0.1, 0.15) is 0 Å². The zero-order valence-corrected chi connectivity index (χ0v) is 17.6. The van der Waals surface area contributed by atoms with E-state index >= 15 is 0 Å². The van der Waals surface area contributed by atoms with E-state index in [-0.39, 0.29) is 0 Å². The average molecular weight is 390 g/mol. The van der Waals surface area contributed by atoms with Crippen LogP contribution >= 0.6 is 0 Å². The summed E-state index contributed by atoms with van der Waals surface area (Å²) >= 11 is 0.